The summed E-state index contributed by atoms with van der Waals surface area (Å²) < 4.78 is 14.8. The van der Waals surface area contributed by atoms with Gasteiger partial charge in [0.15, 0.2) is 0 Å². The van der Waals surface area contributed by atoms with Gasteiger partial charge in [0.25, 0.3) is 5.91 Å². The minimum Gasteiger partial charge on any atom is -0.354 e. The topological polar surface area (TPSA) is 44.9 Å². The minimum absolute atomic E-state index is 0.0696. The van der Waals surface area contributed by atoms with Crippen LogP contribution in [0.1, 0.15) is 10.4 Å². The molecule has 6 heteroatoms. The maximum absolute atomic E-state index is 13.7. The molecule has 2 N–H and O–H groups in total. The summed E-state index contributed by atoms with van der Waals surface area (Å²) in [6.45, 7) is 0.442. The van der Waals surface area contributed by atoms with Crippen molar-refractivity contribution in [3.05, 3.63) is 88.6 Å². The molecule has 1 aromatic heterocycles. The number of amides is 1. The number of fused-ring (bicyclic) bond motifs is 1. The van der Waals surface area contributed by atoms with Crippen molar-refractivity contribution in [1.82, 2.24) is 10.3 Å². The number of H-pyrrole nitrogens is 1. The first kappa shape index (κ1) is 19.7. The first-order chi connectivity index (χ1) is 14.1. The Morgan fingerprint density at radius 2 is 1.72 bits per heavy atom. The summed E-state index contributed by atoms with van der Waals surface area (Å²) in [6.07, 6.45) is 0. The highest BCUT2D eigenvalue weighted by Gasteiger charge is 2.14. The number of aromatic nitrogens is 1. The van der Waals surface area contributed by atoms with E-state index >= 15 is 0 Å². The molecule has 0 unspecified atom stereocenters. The van der Waals surface area contributed by atoms with Gasteiger partial charge in [-0.2, -0.15) is 0 Å². The Morgan fingerprint density at radius 1 is 1.00 bits per heavy atom. The molecule has 0 radical (unpaired) electrons. The second-order valence-electron chi connectivity index (χ2n) is 6.47. The Kier molecular flexibility index (Phi) is 6.02. The molecule has 0 aliphatic carbocycles. The zero-order valence-corrected chi connectivity index (χ0v) is 17.8. The van der Waals surface area contributed by atoms with E-state index in [1.54, 1.807) is 23.9 Å². The van der Waals surface area contributed by atoms with Gasteiger partial charge in [0, 0.05) is 32.6 Å². The van der Waals surface area contributed by atoms with Crippen molar-refractivity contribution >= 4 is 44.5 Å². The molecule has 4 aromatic rings. The third-order valence-corrected chi connectivity index (χ3v) is 6.19. The molecule has 4 rings (SSSR count). The smallest absolute Gasteiger partial charge is 0.254 e. The van der Waals surface area contributed by atoms with Gasteiger partial charge in [-0.1, -0.05) is 58.4 Å². The standard InChI is InChI=1S/C23H18BrFN2OS/c24-16-11-9-15(10-12-16)21-22(18-6-2-4-8-20(18)27-21)29-14-13-26-23(28)17-5-1-3-7-19(17)25/h1-12,27H,13-14H2,(H,26,28). The molecule has 1 heterocycles. The summed E-state index contributed by atoms with van der Waals surface area (Å²) in [5.41, 5.74) is 3.30. The van der Waals surface area contributed by atoms with E-state index < -0.39 is 11.7 Å². The van der Waals surface area contributed by atoms with Gasteiger partial charge in [0.05, 0.1) is 11.3 Å². The van der Waals surface area contributed by atoms with Gasteiger partial charge in [-0.25, -0.2) is 4.39 Å². The highest BCUT2D eigenvalue weighted by atomic mass is 79.9. The minimum atomic E-state index is -0.508. The van der Waals surface area contributed by atoms with E-state index in [0.717, 1.165) is 31.5 Å². The van der Waals surface area contributed by atoms with Crippen molar-refractivity contribution in [2.45, 2.75) is 4.90 Å². The number of thioether (sulfide) groups is 1. The molecular formula is C23H18BrFN2OS. The zero-order chi connectivity index (χ0) is 20.2. The molecule has 0 bridgehead atoms. The highest BCUT2D eigenvalue weighted by Crippen LogP contribution is 2.37. The predicted molar refractivity (Wildman–Crippen MR) is 121 cm³/mol. The summed E-state index contributed by atoms with van der Waals surface area (Å²) in [4.78, 5) is 16.8. The lowest BCUT2D eigenvalue weighted by molar-refractivity contribution is 0.0952. The number of carbonyl (C=O) groups is 1. The molecule has 0 aliphatic heterocycles. The van der Waals surface area contributed by atoms with E-state index in [0.29, 0.717) is 12.3 Å². The third kappa shape index (κ3) is 4.38. The van der Waals surface area contributed by atoms with Crippen molar-refractivity contribution in [3.63, 3.8) is 0 Å². The number of aromatic amines is 1. The quantitative estimate of drug-likeness (QED) is 0.259. The number of rotatable bonds is 6. The van der Waals surface area contributed by atoms with Crippen molar-refractivity contribution in [2.24, 2.45) is 0 Å². The molecule has 146 valence electrons. The fourth-order valence-corrected chi connectivity index (χ4v) is 4.46. The van der Waals surface area contributed by atoms with E-state index in [4.69, 9.17) is 0 Å². The van der Waals surface area contributed by atoms with E-state index in [2.05, 4.69) is 50.5 Å². The van der Waals surface area contributed by atoms with Crippen LogP contribution < -0.4 is 5.32 Å². The molecule has 0 fully saturated rings. The van der Waals surface area contributed by atoms with Gasteiger partial charge in [-0.15, -0.1) is 11.8 Å². The van der Waals surface area contributed by atoms with Crippen LogP contribution in [-0.4, -0.2) is 23.2 Å². The molecule has 3 nitrogen and oxygen atoms in total. The predicted octanol–water partition coefficient (Wildman–Crippen LogP) is 6.26. The van der Waals surface area contributed by atoms with Crippen LogP contribution in [0.5, 0.6) is 0 Å². The number of carbonyl (C=O) groups excluding carboxylic acids is 1. The van der Waals surface area contributed by atoms with Crippen LogP contribution in [0.3, 0.4) is 0 Å². The maximum atomic E-state index is 13.7. The summed E-state index contributed by atoms with van der Waals surface area (Å²) in [7, 11) is 0. The number of para-hydroxylation sites is 1. The Morgan fingerprint density at radius 3 is 2.52 bits per heavy atom. The van der Waals surface area contributed by atoms with Crippen LogP contribution in [0.15, 0.2) is 82.2 Å². The maximum Gasteiger partial charge on any atom is 0.254 e. The second kappa shape index (κ2) is 8.84. The normalized spacial score (nSPS) is 11.0. The number of hydrogen-bond acceptors (Lipinski definition) is 2. The number of benzene rings is 3. The number of hydrogen-bond donors (Lipinski definition) is 2. The molecule has 0 saturated carbocycles. The van der Waals surface area contributed by atoms with Crippen LogP contribution in [0, 0.1) is 5.82 Å². The fourth-order valence-electron chi connectivity index (χ4n) is 3.14. The lowest BCUT2D eigenvalue weighted by atomic mass is 10.1. The molecule has 0 saturated heterocycles. The van der Waals surface area contributed by atoms with Crippen LogP contribution >= 0.6 is 27.7 Å². The average Bonchev–Trinajstić information content (AvgIpc) is 3.10. The first-order valence-electron chi connectivity index (χ1n) is 9.15. The number of nitrogens with one attached hydrogen (secondary N) is 2. The van der Waals surface area contributed by atoms with Crippen molar-refractivity contribution in [1.29, 1.82) is 0 Å². The van der Waals surface area contributed by atoms with Gasteiger partial charge < -0.3 is 10.3 Å². The zero-order valence-electron chi connectivity index (χ0n) is 15.4. The summed E-state index contributed by atoms with van der Waals surface area (Å²) in [5.74, 6) is -0.228. The summed E-state index contributed by atoms with van der Waals surface area (Å²) >= 11 is 5.15. The van der Waals surface area contributed by atoms with Gasteiger partial charge in [0.1, 0.15) is 5.82 Å². The Bertz CT molecular complexity index is 1160. The van der Waals surface area contributed by atoms with Gasteiger partial charge in [0.2, 0.25) is 0 Å². The molecule has 1 amide bonds. The van der Waals surface area contributed by atoms with Gasteiger partial charge >= 0.3 is 0 Å². The Balaban J connectivity index is 1.50. The molecule has 0 atom stereocenters. The molecule has 0 aliphatic rings. The Labute approximate surface area is 180 Å². The van der Waals surface area contributed by atoms with Crippen molar-refractivity contribution in [3.8, 4) is 11.3 Å². The SMILES string of the molecule is O=C(NCCSc1c(-c2ccc(Br)cc2)[nH]c2ccccc12)c1ccccc1F. The Hall–Kier alpha value is -2.57. The fraction of sp³-hybridized carbons (Fsp3) is 0.0870. The van der Waals surface area contributed by atoms with E-state index in [9.17, 15) is 9.18 Å². The first-order valence-corrected chi connectivity index (χ1v) is 10.9. The molecule has 3 aromatic carbocycles. The van der Waals surface area contributed by atoms with E-state index in [-0.39, 0.29) is 5.56 Å². The van der Waals surface area contributed by atoms with E-state index in [1.807, 2.05) is 24.3 Å². The monoisotopic (exact) mass is 468 g/mol. The number of halogens is 2. The van der Waals surface area contributed by atoms with E-state index in [1.165, 1.54) is 12.1 Å². The molecule has 0 spiro atoms. The van der Waals surface area contributed by atoms with Crippen LogP contribution in [-0.2, 0) is 0 Å². The lowest BCUT2D eigenvalue weighted by Gasteiger charge is -2.08. The van der Waals surface area contributed by atoms with Crippen LogP contribution in [0.4, 0.5) is 4.39 Å². The van der Waals surface area contributed by atoms with Gasteiger partial charge in [-0.05, 0) is 35.9 Å². The highest BCUT2D eigenvalue weighted by molar-refractivity contribution is 9.10. The second-order valence-corrected chi connectivity index (χ2v) is 8.49. The average molecular weight is 469 g/mol. The largest absolute Gasteiger partial charge is 0.354 e. The summed E-state index contributed by atoms with van der Waals surface area (Å²) in [5, 5.41) is 3.95. The van der Waals surface area contributed by atoms with Crippen molar-refractivity contribution < 1.29 is 9.18 Å². The third-order valence-electron chi connectivity index (χ3n) is 4.54. The summed E-state index contributed by atoms with van der Waals surface area (Å²) in [6, 6.07) is 22.4. The van der Waals surface area contributed by atoms with Crippen LogP contribution in [0.25, 0.3) is 22.2 Å². The lowest BCUT2D eigenvalue weighted by Crippen LogP contribution is -2.26. The van der Waals surface area contributed by atoms with Crippen molar-refractivity contribution in [2.75, 3.05) is 12.3 Å². The molecular weight excluding hydrogens is 451 g/mol. The molecule has 29 heavy (non-hydrogen) atoms. The van der Waals surface area contributed by atoms with Gasteiger partial charge in [-0.3, -0.25) is 4.79 Å². The van der Waals surface area contributed by atoms with Crippen LogP contribution in [0.2, 0.25) is 0 Å².